The molecule has 0 aliphatic rings. The number of rotatable bonds is 4. The van der Waals surface area contributed by atoms with Crippen molar-refractivity contribution in [2.45, 2.75) is 19.4 Å². The van der Waals surface area contributed by atoms with E-state index in [1.54, 1.807) is 0 Å². The monoisotopic (exact) mass is 430 g/mol. The molecule has 2 nitrogen and oxygen atoms in total. The molecule has 0 amide bonds. The van der Waals surface area contributed by atoms with Gasteiger partial charge < -0.3 is 0 Å². The second-order valence-corrected chi connectivity index (χ2v) is 6.57. The lowest BCUT2D eigenvalue weighted by Gasteiger charge is -2.19. The molecule has 1 unspecified atom stereocenters. The molecule has 100 valence electrons. The molecule has 0 fully saturated rings. The third-order valence-electron chi connectivity index (χ3n) is 3.15. The van der Waals surface area contributed by atoms with Gasteiger partial charge in [-0.25, -0.2) is 0 Å². The van der Waals surface area contributed by atoms with Gasteiger partial charge in [0.1, 0.15) is 0 Å². The highest BCUT2D eigenvalue weighted by Gasteiger charge is 2.14. The second-order valence-electron chi connectivity index (χ2n) is 4.53. The molecule has 0 saturated heterocycles. The fourth-order valence-corrected chi connectivity index (χ4v) is 2.95. The Bertz CT molecular complexity index is 555. The molecule has 0 spiro atoms. The first-order valence-electron chi connectivity index (χ1n) is 6.07. The molecule has 4 heteroatoms. The summed E-state index contributed by atoms with van der Waals surface area (Å²) < 4.78 is 2.37. The number of aryl methyl sites for hydroxylation is 1. The fourth-order valence-electron chi connectivity index (χ4n) is 2.05. The smallest absolute Gasteiger partial charge is 0.0511 e. The van der Waals surface area contributed by atoms with E-state index in [2.05, 4.69) is 93.3 Å². The normalized spacial score (nSPS) is 12.4. The Labute approximate surface area is 136 Å². The Morgan fingerprint density at radius 2 is 1.89 bits per heavy atom. The zero-order chi connectivity index (χ0) is 13.8. The van der Waals surface area contributed by atoms with Gasteiger partial charge in [-0.1, -0.05) is 46.3 Å². The topological polar surface area (TPSA) is 38.0 Å². The van der Waals surface area contributed by atoms with Gasteiger partial charge in [-0.05, 0) is 64.8 Å². The maximum Gasteiger partial charge on any atom is 0.0511 e. The van der Waals surface area contributed by atoms with Crippen LogP contribution in [0.3, 0.4) is 0 Å². The molecular formula is C15H16BrIN2. The first-order chi connectivity index (χ1) is 9.11. The number of benzene rings is 2. The van der Waals surface area contributed by atoms with Crippen LogP contribution in [0.4, 0.5) is 0 Å². The van der Waals surface area contributed by atoms with Crippen molar-refractivity contribution in [1.29, 1.82) is 0 Å². The van der Waals surface area contributed by atoms with Crippen LogP contribution in [0.15, 0.2) is 46.9 Å². The molecule has 0 radical (unpaired) electrons. The maximum absolute atomic E-state index is 5.73. The van der Waals surface area contributed by atoms with E-state index >= 15 is 0 Å². The second kappa shape index (κ2) is 6.83. The van der Waals surface area contributed by atoms with E-state index in [9.17, 15) is 0 Å². The van der Waals surface area contributed by atoms with Gasteiger partial charge in [-0.3, -0.25) is 11.3 Å². The van der Waals surface area contributed by atoms with Crippen molar-refractivity contribution in [3.63, 3.8) is 0 Å². The zero-order valence-corrected chi connectivity index (χ0v) is 14.4. The highest BCUT2D eigenvalue weighted by Crippen LogP contribution is 2.28. The van der Waals surface area contributed by atoms with Gasteiger partial charge in [-0.2, -0.15) is 0 Å². The van der Waals surface area contributed by atoms with Gasteiger partial charge in [-0.15, -0.1) is 0 Å². The number of nitrogens with two attached hydrogens (primary N) is 1. The van der Waals surface area contributed by atoms with E-state index < -0.39 is 0 Å². The van der Waals surface area contributed by atoms with Crippen LogP contribution in [0.25, 0.3) is 0 Å². The van der Waals surface area contributed by atoms with E-state index in [4.69, 9.17) is 5.84 Å². The van der Waals surface area contributed by atoms with Gasteiger partial charge in [0.15, 0.2) is 0 Å². The fraction of sp³-hybridized carbons (Fsp3) is 0.200. The van der Waals surface area contributed by atoms with E-state index in [0.717, 1.165) is 10.9 Å². The van der Waals surface area contributed by atoms with Crippen LogP contribution in [0.5, 0.6) is 0 Å². The maximum atomic E-state index is 5.73. The molecule has 19 heavy (non-hydrogen) atoms. The quantitative estimate of drug-likeness (QED) is 0.435. The summed E-state index contributed by atoms with van der Waals surface area (Å²) in [5.41, 5.74) is 6.61. The summed E-state index contributed by atoms with van der Waals surface area (Å²) in [6, 6.07) is 14.9. The molecule has 0 saturated carbocycles. The van der Waals surface area contributed by atoms with Crippen molar-refractivity contribution in [3.05, 3.63) is 67.2 Å². The predicted octanol–water partition coefficient (Wildman–Crippen LogP) is 4.11. The zero-order valence-electron chi connectivity index (χ0n) is 10.7. The van der Waals surface area contributed by atoms with Crippen LogP contribution in [0.1, 0.15) is 22.7 Å². The Balaban J connectivity index is 2.25. The van der Waals surface area contributed by atoms with Crippen molar-refractivity contribution >= 4 is 38.5 Å². The van der Waals surface area contributed by atoms with Gasteiger partial charge in [0.25, 0.3) is 0 Å². The van der Waals surface area contributed by atoms with Crippen molar-refractivity contribution < 1.29 is 0 Å². The van der Waals surface area contributed by atoms with E-state index in [1.807, 2.05) is 0 Å². The third kappa shape index (κ3) is 3.78. The van der Waals surface area contributed by atoms with Crippen LogP contribution in [-0.2, 0) is 6.42 Å². The summed E-state index contributed by atoms with van der Waals surface area (Å²) in [4.78, 5) is 0. The number of hydrogen-bond donors (Lipinski definition) is 2. The van der Waals surface area contributed by atoms with Gasteiger partial charge >= 0.3 is 0 Å². The lowest BCUT2D eigenvalue weighted by Crippen LogP contribution is -2.30. The Kier molecular flexibility index (Phi) is 5.38. The summed E-state index contributed by atoms with van der Waals surface area (Å²) in [5.74, 6) is 5.73. The van der Waals surface area contributed by atoms with Crippen LogP contribution in [0.2, 0.25) is 0 Å². The summed E-state index contributed by atoms with van der Waals surface area (Å²) >= 11 is 5.96. The molecule has 0 aliphatic carbocycles. The molecule has 3 N–H and O–H groups in total. The number of nitrogens with one attached hydrogen (secondary N) is 1. The average molecular weight is 431 g/mol. The first-order valence-corrected chi connectivity index (χ1v) is 7.94. The number of halogens is 2. The molecule has 0 bridgehead atoms. The van der Waals surface area contributed by atoms with Crippen LogP contribution in [0, 0.1) is 10.5 Å². The summed E-state index contributed by atoms with van der Waals surface area (Å²) in [5, 5.41) is 0. The minimum absolute atomic E-state index is 0.106. The van der Waals surface area contributed by atoms with Crippen LogP contribution in [-0.4, -0.2) is 0 Å². The predicted molar refractivity (Wildman–Crippen MR) is 91.8 cm³/mol. The lowest BCUT2D eigenvalue weighted by atomic mass is 9.98. The highest BCUT2D eigenvalue weighted by atomic mass is 127. The number of hydrazine groups is 1. The summed E-state index contributed by atoms with van der Waals surface area (Å²) in [7, 11) is 0. The minimum atomic E-state index is 0.106. The van der Waals surface area contributed by atoms with Crippen molar-refractivity contribution in [2.75, 3.05) is 0 Å². The SMILES string of the molecule is Cc1cccc(C(Cc2ccc(I)cc2)NN)c1Br. The van der Waals surface area contributed by atoms with Crippen molar-refractivity contribution in [1.82, 2.24) is 5.43 Å². The highest BCUT2D eigenvalue weighted by molar-refractivity contribution is 14.1. The van der Waals surface area contributed by atoms with E-state index in [-0.39, 0.29) is 6.04 Å². The molecule has 2 aromatic carbocycles. The average Bonchev–Trinajstić information content (AvgIpc) is 2.42. The lowest BCUT2D eigenvalue weighted by molar-refractivity contribution is 0.549. The Morgan fingerprint density at radius 1 is 1.21 bits per heavy atom. The number of hydrogen-bond acceptors (Lipinski definition) is 2. The third-order valence-corrected chi connectivity index (χ3v) is 4.95. The van der Waals surface area contributed by atoms with Crippen LogP contribution < -0.4 is 11.3 Å². The standard InChI is InChI=1S/C15H16BrIN2/c1-10-3-2-4-13(15(10)16)14(19-18)9-11-5-7-12(17)8-6-11/h2-8,14,19H,9,18H2,1H3. The van der Waals surface area contributed by atoms with E-state index in [0.29, 0.717) is 0 Å². The van der Waals surface area contributed by atoms with Crippen molar-refractivity contribution in [3.8, 4) is 0 Å². The summed E-state index contributed by atoms with van der Waals surface area (Å²) in [6.07, 6.45) is 0.871. The molecular weight excluding hydrogens is 415 g/mol. The van der Waals surface area contributed by atoms with Gasteiger partial charge in [0.2, 0.25) is 0 Å². The summed E-state index contributed by atoms with van der Waals surface area (Å²) in [6.45, 7) is 2.09. The molecule has 2 rings (SSSR count). The Morgan fingerprint density at radius 3 is 2.53 bits per heavy atom. The van der Waals surface area contributed by atoms with Gasteiger partial charge in [0, 0.05) is 8.04 Å². The van der Waals surface area contributed by atoms with Crippen molar-refractivity contribution in [2.24, 2.45) is 5.84 Å². The van der Waals surface area contributed by atoms with Gasteiger partial charge in [0.05, 0.1) is 6.04 Å². The molecule has 2 aromatic rings. The molecule has 1 atom stereocenters. The Hall–Kier alpha value is -0.430. The molecule has 0 aliphatic heterocycles. The minimum Gasteiger partial charge on any atom is -0.271 e. The molecule has 0 heterocycles. The van der Waals surface area contributed by atoms with E-state index in [1.165, 1.54) is 20.3 Å². The largest absolute Gasteiger partial charge is 0.271 e. The molecule has 0 aromatic heterocycles. The van der Waals surface area contributed by atoms with Crippen LogP contribution >= 0.6 is 38.5 Å². The first kappa shape index (κ1) is 15.0.